The van der Waals surface area contributed by atoms with Crippen LogP contribution >= 0.6 is 11.3 Å². The summed E-state index contributed by atoms with van der Waals surface area (Å²) in [6, 6.07) is 6.85. The maximum atomic E-state index is 12.0. The zero-order chi connectivity index (χ0) is 19.8. The van der Waals surface area contributed by atoms with Crippen molar-refractivity contribution in [1.82, 2.24) is 4.98 Å². The summed E-state index contributed by atoms with van der Waals surface area (Å²) >= 11 is 1.18. The fourth-order valence-corrected chi connectivity index (χ4v) is 2.80. The first-order chi connectivity index (χ1) is 12.9. The summed E-state index contributed by atoms with van der Waals surface area (Å²) in [5.74, 6) is -1.47. The molecule has 2 rings (SSSR count). The Balaban J connectivity index is 1.81. The average molecular weight is 391 g/mol. The van der Waals surface area contributed by atoms with Crippen LogP contribution in [0.1, 0.15) is 23.0 Å². The van der Waals surface area contributed by atoms with Crippen molar-refractivity contribution >= 4 is 40.0 Å². The minimum atomic E-state index is -0.586. The molecule has 9 heteroatoms. The summed E-state index contributed by atoms with van der Waals surface area (Å²) in [6.45, 7) is 1.60. The molecule has 8 nitrogen and oxygen atoms in total. The highest BCUT2D eigenvalue weighted by atomic mass is 32.1. The summed E-state index contributed by atoms with van der Waals surface area (Å²) in [4.78, 5) is 41.3. The van der Waals surface area contributed by atoms with Gasteiger partial charge in [0.1, 0.15) is 0 Å². The van der Waals surface area contributed by atoms with Gasteiger partial charge in [-0.05, 0) is 31.2 Å². The molecule has 2 aromatic rings. The summed E-state index contributed by atoms with van der Waals surface area (Å²) in [5.41, 5.74) is 1.82. The first-order valence-corrected chi connectivity index (χ1v) is 9.11. The molecule has 0 aliphatic rings. The Morgan fingerprint density at radius 2 is 1.85 bits per heavy atom. The van der Waals surface area contributed by atoms with Gasteiger partial charge in [0, 0.05) is 25.2 Å². The standard InChI is InChI=1S/C18H21N3O5S/c1-4-25-16(23)9-13-11-27-18(19-13)20-15(22)10-26-17(24)12-5-7-14(8-6-12)21(2)3/h5-8,11H,4,9-10H2,1-3H3,(H,19,20,22). The van der Waals surface area contributed by atoms with Gasteiger partial charge in [0.25, 0.3) is 5.91 Å². The summed E-state index contributed by atoms with van der Waals surface area (Å²) < 4.78 is 9.85. The Morgan fingerprint density at radius 1 is 1.15 bits per heavy atom. The molecular weight excluding hydrogens is 370 g/mol. The second-order valence-corrected chi connectivity index (χ2v) is 6.55. The van der Waals surface area contributed by atoms with Crippen molar-refractivity contribution in [2.45, 2.75) is 13.3 Å². The van der Waals surface area contributed by atoms with Crippen LogP contribution in [0.15, 0.2) is 29.6 Å². The molecule has 1 aromatic heterocycles. The number of hydrogen-bond acceptors (Lipinski definition) is 8. The molecule has 1 N–H and O–H groups in total. The number of anilines is 2. The number of nitrogens with one attached hydrogen (secondary N) is 1. The van der Waals surface area contributed by atoms with E-state index >= 15 is 0 Å². The first kappa shape index (κ1) is 20.4. The lowest BCUT2D eigenvalue weighted by Gasteiger charge is -2.12. The van der Waals surface area contributed by atoms with E-state index in [9.17, 15) is 14.4 Å². The highest BCUT2D eigenvalue weighted by molar-refractivity contribution is 7.13. The number of ether oxygens (including phenoxy) is 2. The number of aromatic nitrogens is 1. The Morgan fingerprint density at radius 3 is 2.48 bits per heavy atom. The van der Waals surface area contributed by atoms with Crippen LogP contribution in [-0.2, 0) is 25.5 Å². The topological polar surface area (TPSA) is 97.8 Å². The molecule has 0 fully saturated rings. The van der Waals surface area contributed by atoms with E-state index < -0.39 is 18.5 Å². The summed E-state index contributed by atoms with van der Waals surface area (Å²) in [5, 5.41) is 4.51. The van der Waals surface area contributed by atoms with Crippen molar-refractivity contribution in [2.24, 2.45) is 0 Å². The molecule has 1 aromatic carbocycles. The van der Waals surface area contributed by atoms with Gasteiger partial charge in [-0.25, -0.2) is 9.78 Å². The SMILES string of the molecule is CCOC(=O)Cc1csc(NC(=O)COC(=O)c2ccc(N(C)C)cc2)n1. The van der Waals surface area contributed by atoms with E-state index in [1.54, 1.807) is 36.6 Å². The molecule has 0 spiro atoms. The second kappa shape index (κ2) is 9.67. The number of esters is 2. The maximum Gasteiger partial charge on any atom is 0.338 e. The lowest BCUT2D eigenvalue weighted by molar-refractivity contribution is -0.142. The molecule has 0 bridgehead atoms. The summed E-state index contributed by atoms with van der Waals surface area (Å²) in [6.07, 6.45) is 0.0398. The van der Waals surface area contributed by atoms with E-state index in [0.717, 1.165) is 5.69 Å². The Labute approximate surface area is 161 Å². The number of nitrogens with zero attached hydrogens (tertiary/aromatic N) is 2. The Bertz CT molecular complexity index is 802. The van der Waals surface area contributed by atoms with E-state index in [-0.39, 0.29) is 12.4 Å². The predicted octanol–water partition coefficient (Wildman–Crippen LogP) is 2.11. The third-order valence-corrected chi connectivity index (χ3v) is 4.19. The van der Waals surface area contributed by atoms with Gasteiger partial charge in [-0.1, -0.05) is 0 Å². The zero-order valence-corrected chi connectivity index (χ0v) is 16.2. The van der Waals surface area contributed by atoms with Crippen molar-refractivity contribution in [2.75, 3.05) is 37.5 Å². The fourth-order valence-electron chi connectivity index (χ4n) is 2.07. The zero-order valence-electron chi connectivity index (χ0n) is 15.4. The van der Waals surface area contributed by atoms with Gasteiger partial charge in [0.15, 0.2) is 11.7 Å². The first-order valence-electron chi connectivity index (χ1n) is 8.23. The van der Waals surface area contributed by atoms with Crippen LogP contribution in [0.5, 0.6) is 0 Å². The maximum absolute atomic E-state index is 12.0. The molecule has 0 atom stereocenters. The molecule has 0 saturated carbocycles. The average Bonchev–Trinajstić information content (AvgIpc) is 3.06. The highest BCUT2D eigenvalue weighted by Gasteiger charge is 2.13. The highest BCUT2D eigenvalue weighted by Crippen LogP contribution is 2.16. The van der Waals surface area contributed by atoms with E-state index in [0.29, 0.717) is 23.0 Å². The lowest BCUT2D eigenvalue weighted by Crippen LogP contribution is -2.21. The van der Waals surface area contributed by atoms with Crippen molar-refractivity contribution < 1.29 is 23.9 Å². The summed E-state index contributed by atoms with van der Waals surface area (Å²) in [7, 11) is 3.79. The van der Waals surface area contributed by atoms with Gasteiger partial charge in [0.2, 0.25) is 0 Å². The predicted molar refractivity (Wildman–Crippen MR) is 102 cm³/mol. The number of carbonyl (C=O) groups is 3. The quantitative estimate of drug-likeness (QED) is 0.688. The molecule has 144 valence electrons. The van der Waals surface area contributed by atoms with Crippen LogP contribution in [0.3, 0.4) is 0 Å². The molecule has 0 saturated heterocycles. The Hall–Kier alpha value is -2.94. The number of carbonyl (C=O) groups excluding carboxylic acids is 3. The van der Waals surface area contributed by atoms with Gasteiger partial charge < -0.3 is 14.4 Å². The van der Waals surface area contributed by atoms with E-state index in [4.69, 9.17) is 9.47 Å². The van der Waals surface area contributed by atoms with E-state index in [1.165, 1.54) is 11.3 Å². The smallest absolute Gasteiger partial charge is 0.338 e. The van der Waals surface area contributed by atoms with E-state index in [1.807, 2.05) is 19.0 Å². The normalized spacial score (nSPS) is 10.2. The van der Waals surface area contributed by atoms with Gasteiger partial charge in [-0.2, -0.15) is 0 Å². The third-order valence-electron chi connectivity index (χ3n) is 3.38. The van der Waals surface area contributed by atoms with Crippen molar-refractivity contribution in [3.8, 4) is 0 Å². The molecule has 1 amide bonds. The van der Waals surface area contributed by atoms with Crippen LogP contribution < -0.4 is 10.2 Å². The fraction of sp³-hybridized carbons (Fsp3) is 0.333. The van der Waals surface area contributed by atoms with Gasteiger partial charge in [0.05, 0.1) is 24.3 Å². The van der Waals surface area contributed by atoms with Crippen LogP contribution in [0.25, 0.3) is 0 Å². The number of hydrogen-bond donors (Lipinski definition) is 1. The molecule has 0 aliphatic carbocycles. The number of benzene rings is 1. The minimum Gasteiger partial charge on any atom is -0.466 e. The molecule has 0 radical (unpaired) electrons. The minimum absolute atomic E-state index is 0.0398. The van der Waals surface area contributed by atoms with Crippen LogP contribution in [0.4, 0.5) is 10.8 Å². The lowest BCUT2D eigenvalue weighted by atomic mass is 10.2. The number of thiazole rings is 1. The molecule has 27 heavy (non-hydrogen) atoms. The molecule has 0 aliphatic heterocycles. The van der Waals surface area contributed by atoms with Gasteiger partial charge in [-0.15, -0.1) is 11.3 Å². The number of amides is 1. The largest absolute Gasteiger partial charge is 0.466 e. The van der Waals surface area contributed by atoms with Crippen LogP contribution in [0.2, 0.25) is 0 Å². The van der Waals surface area contributed by atoms with Crippen LogP contribution in [0, 0.1) is 0 Å². The third kappa shape index (κ3) is 6.37. The Kier molecular flexibility index (Phi) is 7.30. The van der Waals surface area contributed by atoms with Crippen LogP contribution in [-0.4, -0.2) is 50.1 Å². The second-order valence-electron chi connectivity index (χ2n) is 5.69. The number of rotatable bonds is 8. The molecule has 0 unspecified atom stereocenters. The van der Waals surface area contributed by atoms with Gasteiger partial charge >= 0.3 is 11.9 Å². The van der Waals surface area contributed by atoms with Gasteiger partial charge in [-0.3, -0.25) is 14.9 Å². The van der Waals surface area contributed by atoms with E-state index in [2.05, 4.69) is 10.3 Å². The van der Waals surface area contributed by atoms with Crippen molar-refractivity contribution in [1.29, 1.82) is 0 Å². The monoisotopic (exact) mass is 391 g/mol. The van der Waals surface area contributed by atoms with Crippen molar-refractivity contribution in [3.63, 3.8) is 0 Å². The van der Waals surface area contributed by atoms with Crippen molar-refractivity contribution in [3.05, 3.63) is 40.9 Å². The molecule has 1 heterocycles. The molecular formula is C18H21N3O5S.